The maximum atomic E-state index is 10.9. The van der Waals surface area contributed by atoms with Gasteiger partial charge in [0.2, 0.25) is 6.39 Å². The minimum atomic E-state index is -0.386. The number of halogens is 1. The van der Waals surface area contributed by atoms with Gasteiger partial charge in [-0.3, -0.25) is 10.1 Å². The molecule has 1 heterocycles. The Morgan fingerprint density at radius 2 is 2.32 bits per heavy atom. The molecule has 7 nitrogen and oxygen atoms in total. The molecule has 0 saturated heterocycles. The lowest BCUT2D eigenvalue weighted by Gasteiger charge is -2.05. The lowest BCUT2D eigenvalue weighted by Crippen LogP contribution is -2.18. The third-order valence-corrected chi connectivity index (χ3v) is 2.98. The molecule has 1 N–H and O–H groups in total. The maximum absolute atomic E-state index is 10.9. The summed E-state index contributed by atoms with van der Waals surface area (Å²) in [6.07, 6.45) is 1.88. The fourth-order valence-corrected chi connectivity index (χ4v) is 2.01. The fourth-order valence-electron chi connectivity index (χ4n) is 1.60. The van der Waals surface area contributed by atoms with E-state index in [0.717, 1.165) is 4.47 Å². The second-order valence-corrected chi connectivity index (χ2v) is 4.72. The second-order valence-electron chi connectivity index (χ2n) is 3.80. The number of nitrogens with one attached hydrogen (secondary N) is 1. The van der Waals surface area contributed by atoms with Crippen LogP contribution in [0.25, 0.3) is 0 Å². The minimum absolute atomic E-state index is 0.107. The van der Waals surface area contributed by atoms with E-state index in [4.69, 9.17) is 0 Å². The van der Waals surface area contributed by atoms with Crippen LogP contribution >= 0.6 is 15.9 Å². The van der Waals surface area contributed by atoms with E-state index in [0.29, 0.717) is 30.9 Å². The molecule has 0 unspecified atom stereocenters. The van der Waals surface area contributed by atoms with Crippen molar-refractivity contribution in [3.8, 4) is 0 Å². The Morgan fingerprint density at radius 3 is 3.00 bits per heavy atom. The van der Waals surface area contributed by atoms with Crippen molar-refractivity contribution >= 4 is 21.6 Å². The Kier molecular flexibility index (Phi) is 4.58. The molecule has 0 aliphatic heterocycles. The molecule has 0 spiro atoms. The Labute approximate surface area is 117 Å². The number of aromatic nitrogens is 2. The van der Waals surface area contributed by atoms with Gasteiger partial charge in [-0.15, -0.1) is 0 Å². The maximum Gasteiger partial charge on any atom is 0.273 e. The molecule has 0 fully saturated rings. The van der Waals surface area contributed by atoms with Gasteiger partial charge in [-0.25, -0.2) is 0 Å². The summed E-state index contributed by atoms with van der Waals surface area (Å²) in [4.78, 5) is 14.4. The molecule has 0 aliphatic rings. The summed E-state index contributed by atoms with van der Waals surface area (Å²) in [7, 11) is 0. The van der Waals surface area contributed by atoms with E-state index in [-0.39, 0.29) is 10.6 Å². The monoisotopic (exact) mass is 326 g/mol. The summed E-state index contributed by atoms with van der Waals surface area (Å²) in [5, 5.41) is 17.7. The van der Waals surface area contributed by atoms with Gasteiger partial charge >= 0.3 is 0 Å². The van der Waals surface area contributed by atoms with E-state index >= 15 is 0 Å². The quantitative estimate of drug-likeness (QED) is 0.496. The lowest BCUT2D eigenvalue weighted by molar-refractivity contribution is -0.385. The van der Waals surface area contributed by atoms with Gasteiger partial charge < -0.3 is 9.84 Å². The highest BCUT2D eigenvalue weighted by Crippen LogP contribution is 2.22. The molecular formula is C11H11BrN4O3. The van der Waals surface area contributed by atoms with Crippen molar-refractivity contribution in [3.05, 3.63) is 50.6 Å². The van der Waals surface area contributed by atoms with E-state index in [1.807, 2.05) is 0 Å². The first-order valence-corrected chi connectivity index (χ1v) is 6.35. The van der Waals surface area contributed by atoms with Crippen LogP contribution in [0.5, 0.6) is 0 Å². The fraction of sp³-hybridized carbons (Fsp3) is 0.273. The number of hydrogen-bond acceptors (Lipinski definition) is 6. The predicted octanol–water partition coefficient (Wildman–Crippen LogP) is 2.07. The number of hydrogen-bond donors (Lipinski definition) is 1. The van der Waals surface area contributed by atoms with E-state index in [1.165, 1.54) is 12.5 Å². The molecule has 2 aromatic rings. The van der Waals surface area contributed by atoms with Gasteiger partial charge in [0.15, 0.2) is 5.82 Å². The van der Waals surface area contributed by atoms with Gasteiger partial charge in [-0.05, 0) is 12.1 Å². The first-order chi connectivity index (χ1) is 9.16. The summed E-state index contributed by atoms with van der Waals surface area (Å²) in [6.45, 7) is 1.02. The Morgan fingerprint density at radius 1 is 1.47 bits per heavy atom. The molecule has 0 radical (unpaired) electrons. The van der Waals surface area contributed by atoms with Gasteiger partial charge in [0, 0.05) is 35.6 Å². The van der Waals surface area contributed by atoms with E-state index < -0.39 is 0 Å². The zero-order valence-corrected chi connectivity index (χ0v) is 11.5. The average molecular weight is 327 g/mol. The van der Waals surface area contributed by atoms with Crippen LogP contribution in [0.4, 0.5) is 5.69 Å². The number of benzene rings is 1. The van der Waals surface area contributed by atoms with Gasteiger partial charge in [-0.1, -0.05) is 21.1 Å². The SMILES string of the molecule is O=[N+]([O-])c1ccc(Br)cc1CNCCc1ncon1. The third kappa shape index (κ3) is 3.83. The highest BCUT2D eigenvalue weighted by molar-refractivity contribution is 9.10. The number of nitrogens with zero attached hydrogens (tertiary/aromatic N) is 3. The largest absolute Gasteiger partial charge is 0.343 e. The van der Waals surface area contributed by atoms with Gasteiger partial charge in [0.1, 0.15) is 0 Å². The van der Waals surface area contributed by atoms with Crippen molar-refractivity contribution in [3.63, 3.8) is 0 Å². The highest BCUT2D eigenvalue weighted by atomic mass is 79.9. The van der Waals surface area contributed by atoms with Crippen molar-refractivity contribution < 1.29 is 9.45 Å². The van der Waals surface area contributed by atoms with Crippen LogP contribution in [0, 0.1) is 10.1 Å². The predicted molar refractivity (Wildman–Crippen MR) is 70.5 cm³/mol. The van der Waals surface area contributed by atoms with Crippen molar-refractivity contribution in [2.75, 3.05) is 6.54 Å². The Hall–Kier alpha value is -1.80. The smallest absolute Gasteiger partial charge is 0.273 e. The second kappa shape index (κ2) is 6.39. The van der Waals surface area contributed by atoms with Crippen molar-refractivity contribution in [2.24, 2.45) is 0 Å². The minimum Gasteiger partial charge on any atom is -0.343 e. The average Bonchev–Trinajstić information content (AvgIpc) is 2.87. The molecule has 2 rings (SSSR count). The first-order valence-electron chi connectivity index (χ1n) is 5.55. The van der Waals surface area contributed by atoms with Crippen molar-refractivity contribution in [1.29, 1.82) is 0 Å². The van der Waals surface area contributed by atoms with E-state index in [9.17, 15) is 10.1 Å². The first kappa shape index (κ1) is 13.6. The van der Waals surface area contributed by atoms with Crippen LogP contribution in [0.3, 0.4) is 0 Å². The van der Waals surface area contributed by atoms with Crippen LogP contribution < -0.4 is 5.32 Å². The third-order valence-electron chi connectivity index (χ3n) is 2.49. The van der Waals surface area contributed by atoms with Crippen LogP contribution in [0.2, 0.25) is 0 Å². The Bertz CT molecular complexity index is 559. The van der Waals surface area contributed by atoms with E-state index in [2.05, 4.69) is 35.9 Å². The molecule has 1 aromatic heterocycles. The molecule has 0 bridgehead atoms. The molecule has 0 aliphatic carbocycles. The summed E-state index contributed by atoms with van der Waals surface area (Å²) in [5.74, 6) is 0.608. The normalized spacial score (nSPS) is 10.6. The van der Waals surface area contributed by atoms with Gasteiger partial charge in [0.05, 0.1) is 4.92 Å². The topological polar surface area (TPSA) is 94.1 Å². The summed E-state index contributed by atoms with van der Waals surface area (Å²) in [5.41, 5.74) is 0.739. The molecule has 100 valence electrons. The standard InChI is InChI=1S/C11H11BrN4O3/c12-9-1-2-10(16(17)18)8(5-9)6-13-4-3-11-14-7-19-15-11/h1-2,5,7,13H,3-4,6H2. The molecule has 8 heteroatoms. The number of nitro groups is 1. The highest BCUT2D eigenvalue weighted by Gasteiger charge is 2.13. The van der Waals surface area contributed by atoms with Crippen LogP contribution in [0.1, 0.15) is 11.4 Å². The molecule has 19 heavy (non-hydrogen) atoms. The number of rotatable bonds is 6. The summed E-state index contributed by atoms with van der Waals surface area (Å²) in [6, 6.07) is 4.88. The zero-order chi connectivity index (χ0) is 13.7. The molecule has 0 atom stereocenters. The molecular weight excluding hydrogens is 316 g/mol. The Balaban J connectivity index is 1.91. The van der Waals surface area contributed by atoms with Crippen molar-refractivity contribution in [1.82, 2.24) is 15.5 Å². The van der Waals surface area contributed by atoms with E-state index in [1.54, 1.807) is 12.1 Å². The van der Waals surface area contributed by atoms with Crippen LogP contribution in [-0.2, 0) is 13.0 Å². The summed E-state index contributed by atoms with van der Waals surface area (Å²) < 4.78 is 5.42. The number of nitro benzene ring substituents is 1. The molecule has 0 amide bonds. The molecule has 1 aromatic carbocycles. The van der Waals surface area contributed by atoms with Crippen LogP contribution in [0.15, 0.2) is 33.6 Å². The van der Waals surface area contributed by atoms with Crippen LogP contribution in [-0.4, -0.2) is 21.6 Å². The zero-order valence-electron chi connectivity index (χ0n) is 9.88. The van der Waals surface area contributed by atoms with Gasteiger partial charge in [-0.2, -0.15) is 4.98 Å². The van der Waals surface area contributed by atoms with Gasteiger partial charge in [0.25, 0.3) is 5.69 Å². The molecule has 0 saturated carbocycles. The van der Waals surface area contributed by atoms with Crippen molar-refractivity contribution in [2.45, 2.75) is 13.0 Å². The summed E-state index contributed by atoms with van der Waals surface area (Å²) >= 11 is 3.30. The lowest BCUT2D eigenvalue weighted by atomic mass is 10.2.